The van der Waals surface area contributed by atoms with E-state index in [2.05, 4.69) is 9.84 Å². The predicted molar refractivity (Wildman–Crippen MR) is 81.2 cm³/mol. The minimum absolute atomic E-state index is 0.103. The number of nitrogens with zero attached hydrogens (tertiary/aromatic N) is 3. The average molecular weight is 341 g/mol. The number of amides is 1. The van der Waals surface area contributed by atoms with Gasteiger partial charge < -0.3 is 9.64 Å². The molecular formula is C16H18F3N3O2. The molecule has 1 heterocycles. The Morgan fingerprint density at radius 3 is 2.42 bits per heavy atom. The van der Waals surface area contributed by atoms with Gasteiger partial charge >= 0.3 is 6.36 Å². The number of hydrogen-bond donors (Lipinski definition) is 0. The van der Waals surface area contributed by atoms with Crippen molar-refractivity contribution in [2.75, 3.05) is 7.05 Å². The number of alkyl halides is 3. The molecule has 0 aliphatic heterocycles. The van der Waals surface area contributed by atoms with Gasteiger partial charge in [-0.15, -0.1) is 13.2 Å². The fourth-order valence-corrected chi connectivity index (χ4v) is 2.41. The van der Waals surface area contributed by atoms with Crippen LogP contribution in [0.15, 0.2) is 36.5 Å². The number of carbonyl (C=O) groups excluding carboxylic acids is 1. The van der Waals surface area contributed by atoms with Gasteiger partial charge in [0, 0.05) is 26.8 Å². The van der Waals surface area contributed by atoms with E-state index in [1.54, 1.807) is 38.0 Å². The Morgan fingerprint density at radius 2 is 1.92 bits per heavy atom. The molecule has 1 atom stereocenters. The van der Waals surface area contributed by atoms with Gasteiger partial charge in [-0.25, -0.2) is 0 Å². The highest BCUT2D eigenvalue weighted by Gasteiger charge is 2.31. The van der Waals surface area contributed by atoms with Crippen molar-refractivity contribution in [3.63, 3.8) is 0 Å². The van der Waals surface area contributed by atoms with Gasteiger partial charge in [0.1, 0.15) is 5.75 Å². The first kappa shape index (κ1) is 17.8. The number of hydrogen-bond acceptors (Lipinski definition) is 3. The molecule has 0 bridgehead atoms. The Morgan fingerprint density at radius 1 is 1.29 bits per heavy atom. The van der Waals surface area contributed by atoms with Crippen molar-refractivity contribution in [2.24, 2.45) is 7.05 Å². The number of aryl methyl sites for hydroxylation is 1. The predicted octanol–water partition coefficient (Wildman–Crippen LogP) is 3.08. The van der Waals surface area contributed by atoms with Gasteiger partial charge in [-0.3, -0.25) is 9.48 Å². The molecule has 0 aliphatic carbocycles. The lowest BCUT2D eigenvalue weighted by Crippen LogP contribution is -2.31. The Labute approximate surface area is 137 Å². The molecule has 1 aromatic heterocycles. The van der Waals surface area contributed by atoms with Gasteiger partial charge in [0.25, 0.3) is 0 Å². The average Bonchev–Trinajstić information content (AvgIpc) is 2.92. The van der Waals surface area contributed by atoms with Crippen LogP contribution in [0.4, 0.5) is 13.2 Å². The van der Waals surface area contributed by atoms with E-state index in [1.807, 2.05) is 0 Å². The molecule has 0 spiro atoms. The van der Waals surface area contributed by atoms with Crippen molar-refractivity contribution in [1.82, 2.24) is 14.7 Å². The summed E-state index contributed by atoms with van der Waals surface area (Å²) in [5.41, 5.74) is 1.50. The molecule has 8 heteroatoms. The first-order valence-corrected chi connectivity index (χ1v) is 7.25. The van der Waals surface area contributed by atoms with E-state index in [9.17, 15) is 18.0 Å². The maximum absolute atomic E-state index is 12.5. The zero-order valence-electron chi connectivity index (χ0n) is 13.5. The monoisotopic (exact) mass is 341 g/mol. The van der Waals surface area contributed by atoms with Crippen LogP contribution in [0.3, 0.4) is 0 Å². The van der Waals surface area contributed by atoms with Crippen LogP contribution in [0.1, 0.15) is 24.1 Å². The molecule has 2 rings (SSSR count). The summed E-state index contributed by atoms with van der Waals surface area (Å²) in [5.74, 6) is -0.756. The molecule has 5 nitrogen and oxygen atoms in total. The van der Waals surface area contributed by atoms with E-state index in [1.165, 1.54) is 29.2 Å². The van der Waals surface area contributed by atoms with E-state index >= 15 is 0 Å². The molecular weight excluding hydrogens is 323 g/mol. The molecule has 24 heavy (non-hydrogen) atoms. The number of benzene rings is 1. The zero-order valence-corrected chi connectivity index (χ0v) is 13.5. The van der Waals surface area contributed by atoms with Crippen LogP contribution < -0.4 is 4.74 Å². The molecule has 0 N–H and O–H groups in total. The summed E-state index contributed by atoms with van der Waals surface area (Å²) in [5, 5.41) is 4.04. The second-order valence-corrected chi connectivity index (χ2v) is 5.49. The fraction of sp³-hybridized carbons (Fsp3) is 0.375. The Kier molecular flexibility index (Phi) is 5.16. The summed E-state index contributed by atoms with van der Waals surface area (Å²) in [6.45, 7) is 2.07. The lowest BCUT2D eigenvalue weighted by atomic mass is 10.1. The molecule has 0 fully saturated rings. The van der Waals surface area contributed by atoms with Crippen LogP contribution in [0.5, 0.6) is 5.75 Å². The van der Waals surface area contributed by atoms with Crippen LogP contribution >= 0.6 is 0 Å². The van der Waals surface area contributed by atoms with Crippen molar-refractivity contribution >= 4 is 5.91 Å². The number of carbonyl (C=O) groups is 1. The van der Waals surface area contributed by atoms with Crippen molar-refractivity contribution in [2.45, 2.75) is 25.7 Å². The van der Waals surface area contributed by atoms with E-state index in [0.717, 1.165) is 5.69 Å². The fourth-order valence-electron chi connectivity index (χ4n) is 2.41. The molecule has 2 aromatic rings. The minimum atomic E-state index is -4.72. The minimum Gasteiger partial charge on any atom is -0.406 e. The van der Waals surface area contributed by atoms with Gasteiger partial charge in [-0.05, 0) is 30.7 Å². The van der Waals surface area contributed by atoms with E-state index in [4.69, 9.17) is 0 Å². The van der Waals surface area contributed by atoms with E-state index in [-0.39, 0.29) is 24.1 Å². The maximum atomic E-state index is 12.5. The van der Waals surface area contributed by atoms with Gasteiger partial charge in [0.05, 0.1) is 11.6 Å². The Balaban J connectivity index is 2.00. The molecule has 1 aromatic carbocycles. The van der Waals surface area contributed by atoms with Crippen molar-refractivity contribution in [1.29, 1.82) is 0 Å². The molecule has 0 aliphatic rings. The highest BCUT2D eigenvalue weighted by atomic mass is 19.4. The van der Waals surface area contributed by atoms with E-state index < -0.39 is 6.36 Å². The van der Waals surface area contributed by atoms with Crippen molar-refractivity contribution < 1.29 is 22.7 Å². The summed E-state index contributed by atoms with van der Waals surface area (Å²) in [4.78, 5) is 14.0. The number of rotatable bonds is 5. The van der Waals surface area contributed by atoms with Crippen LogP contribution in [-0.4, -0.2) is 34.0 Å². The molecule has 0 saturated carbocycles. The summed E-state index contributed by atoms with van der Waals surface area (Å²) in [6, 6.07) is 7.23. The highest BCUT2D eigenvalue weighted by Crippen LogP contribution is 2.23. The quantitative estimate of drug-likeness (QED) is 0.840. The smallest absolute Gasteiger partial charge is 0.406 e. The van der Waals surface area contributed by atoms with Gasteiger partial charge in [0.15, 0.2) is 0 Å². The largest absolute Gasteiger partial charge is 0.573 e. The molecule has 1 unspecified atom stereocenters. The number of ether oxygens (including phenoxy) is 1. The molecule has 1 amide bonds. The second-order valence-electron chi connectivity index (χ2n) is 5.49. The standard InChI is InChI=1S/C16H18F3N3O2/c1-11(14-8-9-20-22(14)3)15(23)21(2)10-12-4-6-13(7-5-12)24-16(17,18)19/h4-9,11H,10H2,1-3H3. The van der Waals surface area contributed by atoms with Crippen molar-refractivity contribution in [3.8, 4) is 5.75 Å². The van der Waals surface area contributed by atoms with E-state index in [0.29, 0.717) is 5.56 Å². The third-order valence-electron chi connectivity index (χ3n) is 3.63. The summed E-state index contributed by atoms with van der Waals surface area (Å²) < 4.78 is 41.9. The van der Waals surface area contributed by atoms with Crippen LogP contribution in [0.25, 0.3) is 0 Å². The SMILES string of the molecule is CC(C(=O)N(C)Cc1ccc(OC(F)(F)F)cc1)c1ccnn1C. The Bertz CT molecular complexity index is 695. The normalized spacial score (nSPS) is 12.8. The van der Waals surface area contributed by atoms with Crippen LogP contribution in [0, 0.1) is 0 Å². The number of likely N-dealkylation sites (N-methyl/N-ethyl adjacent to an activating group) is 1. The third-order valence-corrected chi connectivity index (χ3v) is 3.63. The van der Waals surface area contributed by atoms with Gasteiger partial charge in [-0.1, -0.05) is 12.1 Å². The number of halogens is 3. The summed E-state index contributed by atoms with van der Waals surface area (Å²) in [7, 11) is 3.41. The Hall–Kier alpha value is -2.51. The van der Waals surface area contributed by atoms with Gasteiger partial charge in [0.2, 0.25) is 5.91 Å². The second kappa shape index (κ2) is 6.94. The first-order valence-electron chi connectivity index (χ1n) is 7.25. The number of aromatic nitrogens is 2. The lowest BCUT2D eigenvalue weighted by molar-refractivity contribution is -0.274. The summed E-state index contributed by atoms with van der Waals surface area (Å²) >= 11 is 0. The van der Waals surface area contributed by atoms with Crippen LogP contribution in [-0.2, 0) is 18.4 Å². The van der Waals surface area contributed by atoms with Crippen molar-refractivity contribution in [3.05, 3.63) is 47.8 Å². The summed E-state index contributed by atoms with van der Waals surface area (Å²) in [6.07, 6.45) is -3.09. The highest BCUT2D eigenvalue weighted by molar-refractivity contribution is 5.82. The maximum Gasteiger partial charge on any atom is 0.573 e. The van der Waals surface area contributed by atoms with Gasteiger partial charge in [-0.2, -0.15) is 5.10 Å². The topological polar surface area (TPSA) is 47.4 Å². The van der Waals surface area contributed by atoms with Crippen LogP contribution in [0.2, 0.25) is 0 Å². The third kappa shape index (κ3) is 4.50. The lowest BCUT2D eigenvalue weighted by Gasteiger charge is -2.22. The molecule has 0 radical (unpaired) electrons. The molecule has 130 valence electrons. The zero-order chi connectivity index (χ0) is 17.9. The molecule has 0 saturated heterocycles. The first-order chi connectivity index (χ1) is 11.2.